The fourth-order valence-electron chi connectivity index (χ4n) is 3.28. The molecular weight excluding hydrogens is 424 g/mol. The zero-order chi connectivity index (χ0) is 23.5. The summed E-state index contributed by atoms with van der Waals surface area (Å²) in [7, 11) is 1.37. The van der Waals surface area contributed by atoms with Crippen LogP contribution < -0.4 is 10.1 Å². The molecule has 8 heteroatoms. The van der Waals surface area contributed by atoms with Crippen LogP contribution in [0.1, 0.15) is 36.6 Å². The van der Waals surface area contributed by atoms with Crippen LogP contribution in [0.3, 0.4) is 0 Å². The van der Waals surface area contributed by atoms with E-state index in [0.29, 0.717) is 17.2 Å². The van der Waals surface area contributed by atoms with Gasteiger partial charge < -0.3 is 14.8 Å². The number of ether oxygens (including phenoxy) is 2. The van der Waals surface area contributed by atoms with E-state index in [1.54, 1.807) is 24.3 Å². The van der Waals surface area contributed by atoms with Crippen molar-refractivity contribution in [3.63, 3.8) is 0 Å². The van der Waals surface area contributed by atoms with Crippen molar-refractivity contribution >= 4 is 29.4 Å². The summed E-state index contributed by atoms with van der Waals surface area (Å²) in [5.74, 6) is -1.22. The Kier molecular flexibility index (Phi) is 5.91. The number of benzene rings is 3. The van der Waals surface area contributed by atoms with Crippen LogP contribution in [-0.4, -0.2) is 42.2 Å². The molecule has 0 saturated heterocycles. The minimum Gasteiger partial charge on any atom is -0.455 e. The molecule has 1 aliphatic rings. The van der Waals surface area contributed by atoms with Crippen LogP contribution in [0.15, 0.2) is 66.7 Å². The van der Waals surface area contributed by atoms with E-state index >= 15 is 0 Å². The maximum absolute atomic E-state index is 12.4. The van der Waals surface area contributed by atoms with Gasteiger partial charge in [-0.1, -0.05) is 29.8 Å². The molecule has 3 aromatic carbocycles. The van der Waals surface area contributed by atoms with Crippen LogP contribution in [0, 0.1) is 6.92 Å². The van der Waals surface area contributed by atoms with Crippen molar-refractivity contribution < 1.29 is 28.7 Å². The van der Waals surface area contributed by atoms with Gasteiger partial charge in [-0.05, 0) is 49.4 Å². The summed E-state index contributed by atoms with van der Waals surface area (Å²) in [6.45, 7) is 1.43. The lowest BCUT2D eigenvalue weighted by atomic mass is 10.1. The molecule has 0 radical (unpaired) electrons. The number of anilines is 1. The molecule has 4 rings (SSSR count). The van der Waals surface area contributed by atoms with Gasteiger partial charge in [0.1, 0.15) is 5.75 Å². The minimum atomic E-state index is -0.785. The number of hydrogen-bond acceptors (Lipinski definition) is 6. The molecule has 166 valence electrons. The maximum atomic E-state index is 12.4. The van der Waals surface area contributed by atoms with Gasteiger partial charge in [-0.15, -0.1) is 0 Å². The summed E-state index contributed by atoms with van der Waals surface area (Å²) in [5, 5.41) is 2.66. The molecule has 0 unspecified atom stereocenters. The highest BCUT2D eigenvalue weighted by molar-refractivity contribution is 6.21. The Morgan fingerprint density at radius 1 is 0.909 bits per heavy atom. The maximum Gasteiger partial charge on any atom is 0.338 e. The molecule has 1 aliphatic heterocycles. The van der Waals surface area contributed by atoms with Crippen LogP contribution in [0.25, 0.3) is 0 Å². The number of para-hydroxylation sites is 2. The van der Waals surface area contributed by atoms with E-state index in [1.165, 1.54) is 25.2 Å². The van der Waals surface area contributed by atoms with Gasteiger partial charge in [-0.25, -0.2) is 4.79 Å². The molecule has 33 heavy (non-hydrogen) atoms. The van der Waals surface area contributed by atoms with Crippen molar-refractivity contribution in [3.8, 4) is 11.5 Å². The first-order valence-electron chi connectivity index (χ1n) is 10.1. The van der Waals surface area contributed by atoms with E-state index in [1.807, 2.05) is 31.2 Å². The summed E-state index contributed by atoms with van der Waals surface area (Å²) in [6.07, 6.45) is 0. The Morgan fingerprint density at radius 3 is 2.36 bits per heavy atom. The van der Waals surface area contributed by atoms with Gasteiger partial charge in [0, 0.05) is 7.05 Å². The summed E-state index contributed by atoms with van der Waals surface area (Å²) in [5.41, 5.74) is 1.94. The normalized spacial score (nSPS) is 12.4. The number of nitrogens with zero attached hydrogens (tertiary/aromatic N) is 1. The van der Waals surface area contributed by atoms with Gasteiger partial charge in [0.25, 0.3) is 17.7 Å². The van der Waals surface area contributed by atoms with Crippen molar-refractivity contribution in [1.29, 1.82) is 0 Å². The number of amides is 3. The van der Waals surface area contributed by atoms with E-state index < -0.39 is 30.3 Å². The van der Waals surface area contributed by atoms with Crippen LogP contribution in [0.2, 0.25) is 0 Å². The van der Waals surface area contributed by atoms with Crippen LogP contribution in [0.4, 0.5) is 5.69 Å². The van der Waals surface area contributed by atoms with Crippen LogP contribution >= 0.6 is 0 Å². The zero-order valence-corrected chi connectivity index (χ0v) is 18.0. The summed E-state index contributed by atoms with van der Waals surface area (Å²) >= 11 is 0. The Balaban J connectivity index is 1.39. The van der Waals surface area contributed by atoms with E-state index in [-0.39, 0.29) is 16.7 Å². The Bertz CT molecular complexity index is 1270. The topological polar surface area (TPSA) is 102 Å². The number of rotatable bonds is 6. The number of carbonyl (C=O) groups is 4. The highest BCUT2D eigenvalue weighted by Gasteiger charge is 2.33. The molecule has 1 heterocycles. The molecule has 0 fully saturated rings. The largest absolute Gasteiger partial charge is 0.455 e. The quantitative estimate of drug-likeness (QED) is 0.458. The predicted molar refractivity (Wildman–Crippen MR) is 119 cm³/mol. The van der Waals surface area contributed by atoms with Gasteiger partial charge in [0.15, 0.2) is 12.4 Å². The third-order valence-electron chi connectivity index (χ3n) is 5.07. The number of nitrogens with one attached hydrogen (secondary N) is 1. The molecule has 0 saturated carbocycles. The minimum absolute atomic E-state index is 0.0705. The first-order valence-corrected chi connectivity index (χ1v) is 10.1. The third kappa shape index (κ3) is 4.59. The monoisotopic (exact) mass is 444 g/mol. The average molecular weight is 444 g/mol. The molecule has 0 atom stereocenters. The summed E-state index contributed by atoms with van der Waals surface area (Å²) in [6, 6.07) is 18.4. The molecule has 0 spiro atoms. The molecule has 0 aliphatic carbocycles. The Morgan fingerprint density at radius 2 is 1.61 bits per heavy atom. The van der Waals surface area contributed by atoms with E-state index in [0.717, 1.165) is 10.5 Å². The molecule has 8 nitrogen and oxygen atoms in total. The predicted octanol–water partition coefficient (Wildman–Crippen LogP) is 3.81. The van der Waals surface area contributed by atoms with Gasteiger partial charge in [-0.3, -0.25) is 19.3 Å². The zero-order valence-electron chi connectivity index (χ0n) is 18.0. The summed E-state index contributed by atoms with van der Waals surface area (Å²) < 4.78 is 10.9. The van der Waals surface area contributed by atoms with Crippen LogP contribution in [-0.2, 0) is 9.53 Å². The Labute approximate surface area is 189 Å². The molecular formula is C25H20N2O6. The second kappa shape index (κ2) is 8.96. The molecule has 1 N–H and O–H groups in total. The first-order chi connectivity index (χ1) is 15.8. The SMILES string of the molecule is Cc1ccc(Oc2ccccc2NC(=O)COC(=O)c2ccc3c(c2)C(=O)N(C)C3=O)cc1. The molecule has 3 aromatic rings. The van der Waals surface area contributed by atoms with Crippen molar-refractivity contribution in [2.45, 2.75) is 6.92 Å². The van der Waals surface area contributed by atoms with E-state index in [9.17, 15) is 19.2 Å². The summed E-state index contributed by atoms with van der Waals surface area (Å²) in [4.78, 5) is 49.8. The van der Waals surface area contributed by atoms with Crippen molar-refractivity contribution in [2.75, 3.05) is 19.0 Å². The average Bonchev–Trinajstić information content (AvgIpc) is 3.03. The van der Waals surface area contributed by atoms with Gasteiger partial charge in [0.2, 0.25) is 0 Å². The number of fused-ring (bicyclic) bond motifs is 1. The van der Waals surface area contributed by atoms with E-state index in [4.69, 9.17) is 9.47 Å². The van der Waals surface area contributed by atoms with Gasteiger partial charge in [-0.2, -0.15) is 0 Å². The number of carbonyl (C=O) groups excluding carboxylic acids is 4. The lowest BCUT2D eigenvalue weighted by Gasteiger charge is -2.12. The molecule has 0 aromatic heterocycles. The third-order valence-corrected chi connectivity index (χ3v) is 5.07. The Hall–Kier alpha value is -4.46. The van der Waals surface area contributed by atoms with E-state index in [2.05, 4.69) is 5.32 Å². The smallest absolute Gasteiger partial charge is 0.338 e. The fourth-order valence-corrected chi connectivity index (χ4v) is 3.28. The van der Waals surface area contributed by atoms with Crippen molar-refractivity contribution in [2.24, 2.45) is 0 Å². The lowest BCUT2D eigenvalue weighted by Crippen LogP contribution is -2.24. The first kappa shape index (κ1) is 21.8. The second-order valence-electron chi connectivity index (χ2n) is 7.47. The highest BCUT2D eigenvalue weighted by Crippen LogP contribution is 2.29. The fraction of sp³-hybridized carbons (Fsp3) is 0.120. The van der Waals surface area contributed by atoms with Crippen molar-refractivity contribution in [1.82, 2.24) is 4.90 Å². The van der Waals surface area contributed by atoms with Gasteiger partial charge >= 0.3 is 5.97 Å². The number of esters is 1. The number of imide groups is 1. The van der Waals surface area contributed by atoms with Gasteiger partial charge in [0.05, 0.1) is 22.4 Å². The standard InChI is InChI=1S/C25H20N2O6/c1-15-7-10-17(11-8-15)33-21-6-4-3-5-20(21)26-22(28)14-32-25(31)16-9-12-18-19(13-16)24(30)27(2)23(18)29/h3-13H,14H2,1-2H3,(H,26,28). The second-order valence-corrected chi connectivity index (χ2v) is 7.47. The highest BCUT2D eigenvalue weighted by atomic mass is 16.5. The molecule has 0 bridgehead atoms. The lowest BCUT2D eigenvalue weighted by molar-refractivity contribution is -0.119. The molecule has 3 amide bonds. The number of hydrogen-bond donors (Lipinski definition) is 1. The van der Waals surface area contributed by atoms with Crippen LogP contribution in [0.5, 0.6) is 11.5 Å². The van der Waals surface area contributed by atoms with Crippen molar-refractivity contribution in [3.05, 3.63) is 89.0 Å². The number of aryl methyl sites for hydroxylation is 1.